The Morgan fingerprint density at radius 3 is 2.78 bits per heavy atom. The van der Waals surface area contributed by atoms with E-state index < -0.39 is 26.9 Å². The van der Waals surface area contributed by atoms with E-state index in [1.54, 1.807) is 14.0 Å². The van der Waals surface area contributed by atoms with E-state index in [-0.39, 0.29) is 22.4 Å². The van der Waals surface area contributed by atoms with Crippen LogP contribution in [0.4, 0.5) is 0 Å². The minimum absolute atomic E-state index is 0.0659. The van der Waals surface area contributed by atoms with E-state index in [4.69, 9.17) is 15.1 Å². The van der Waals surface area contributed by atoms with Crippen molar-refractivity contribution in [2.24, 2.45) is 7.05 Å². The van der Waals surface area contributed by atoms with Crippen LogP contribution in [-0.2, 0) is 13.4 Å². The highest BCUT2D eigenvalue weighted by Gasteiger charge is 2.16. The van der Waals surface area contributed by atoms with Crippen LogP contribution in [0.5, 0.6) is 0 Å². The Morgan fingerprint density at radius 2 is 2.11 bits per heavy atom. The lowest BCUT2D eigenvalue weighted by Crippen LogP contribution is -2.32. The fraction of sp³-hybridized carbons (Fsp3) is 0.353. The summed E-state index contributed by atoms with van der Waals surface area (Å²) in [4.78, 5) is 0. The van der Waals surface area contributed by atoms with E-state index >= 15 is 0 Å². The highest BCUT2D eigenvalue weighted by molar-refractivity contribution is 5.65. The molecule has 0 N–H and O–H groups in total. The van der Waals surface area contributed by atoms with Crippen molar-refractivity contribution in [2.45, 2.75) is 33.9 Å². The highest BCUT2D eigenvalue weighted by Crippen LogP contribution is 2.25. The van der Waals surface area contributed by atoms with Gasteiger partial charge in [0.1, 0.15) is 7.05 Å². The molecule has 0 radical (unpaired) electrons. The number of pyridine rings is 1. The minimum atomic E-state index is -2.88. The Hall–Kier alpha value is -1.63. The number of hydrogen-bond acceptors (Lipinski definition) is 0. The van der Waals surface area contributed by atoms with Gasteiger partial charge in [-0.2, -0.15) is 0 Å². The molecular formula is C17H22N+. The number of hydrogen-bond donors (Lipinski definition) is 0. The second kappa shape index (κ2) is 4.93. The van der Waals surface area contributed by atoms with Gasteiger partial charge in [0, 0.05) is 32.3 Å². The molecule has 1 heterocycles. The van der Waals surface area contributed by atoms with Crippen LogP contribution in [-0.4, -0.2) is 0 Å². The molecule has 0 amide bonds. The van der Waals surface area contributed by atoms with E-state index in [0.717, 1.165) is 0 Å². The van der Waals surface area contributed by atoms with Crippen molar-refractivity contribution in [1.82, 2.24) is 0 Å². The van der Waals surface area contributed by atoms with Crippen LogP contribution in [0.25, 0.3) is 11.3 Å². The van der Waals surface area contributed by atoms with Crippen molar-refractivity contribution in [3.8, 4) is 11.3 Å². The standard InChI is InChI=1S/C17H22N/c1-6-15-7-8-16(13(3)11-15)17-14(4)12(2)9-10-18(17)5/h7-11H,6H2,1-5H3/q+1/i1D3,2D3,4D3,6D2. The van der Waals surface area contributed by atoms with E-state index in [1.807, 2.05) is 0 Å². The lowest BCUT2D eigenvalue weighted by Gasteiger charge is -2.10. The van der Waals surface area contributed by atoms with Crippen LogP contribution in [0.15, 0.2) is 30.5 Å². The van der Waals surface area contributed by atoms with Gasteiger partial charge in [-0.25, -0.2) is 4.57 Å². The first-order chi connectivity index (χ1) is 12.9. The molecule has 2 aromatic rings. The van der Waals surface area contributed by atoms with Gasteiger partial charge < -0.3 is 0 Å². The Kier molecular flexibility index (Phi) is 1.32. The maximum atomic E-state index is 7.92. The molecule has 0 saturated heterocycles. The number of rotatable bonds is 2. The van der Waals surface area contributed by atoms with Gasteiger partial charge in [-0.1, -0.05) is 19.0 Å². The molecule has 0 aliphatic carbocycles. The molecular weight excluding hydrogens is 218 g/mol. The SMILES string of the molecule is [2H]C([2H])([2H])c1cc[n+](C)c(-c2ccc(C([2H])([2H])C([2H])([2H])[2H])cc2C)c1C([2H])([2H])[2H]. The molecule has 0 aliphatic rings. The Morgan fingerprint density at radius 1 is 1.22 bits per heavy atom. The van der Waals surface area contributed by atoms with E-state index in [9.17, 15) is 0 Å². The zero-order chi connectivity index (χ0) is 22.6. The first kappa shape index (κ1) is 4.80. The van der Waals surface area contributed by atoms with Gasteiger partial charge in [-0.05, 0) is 49.8 Å². The van der Waals surface area contributed by atoms with Gasteiger partial charge in [0.05, 0.1) is 0 Å². The second-order valence-electron chi connectivity index (χ2n) is 4.22. The second-order valence-corrected chi connectivity index (χ2v) is 4.22. The topological polar surface area (TPSA) is 3.88 Å². The Labute approximate surface area is 126 Å². The van der Waals surface area contributed by atoms with E-state index in [1.165, 1.54) is 35.0 Å². The van der Waals surface area contributed by atoms with Crippen LogP contribution in [0.3, 0.4) is 0 Å². The molecule has 1 heteroatoms. The summed E-state index contributed by atoms with van der Waals surface area (Å²) in [5.74, 6) is 0. The van der Waals surface area contributed by atoms with Crippen LogP contribution in [0.2, 0.25) is 0 Å². The zero-order valence-corrected chi connectivity index (χ0v) is 10.3. The van der Waals surface area contributed by atoms with Crippen molar-refractivity contribution in [1.29, 1.82) is 0 Å². The Bertz CT molecular complexity index is 921. The summed E-state index contributed by atoms with van der Waals surface area (Å²) in [5, 5.41) is 0. The maximum Gasteiger partial charge on any atom is 0.215 e. The van der Waals surface area contributed by atoms with E-state index in [0.29, 0.717) is 11.1 Å². The maximum absolute atomic E-state index is 7.92. The number of aromatic nitrogens is 1. The molecule has 2 rings (SSSR count). The monoisotopic (exact) mass is 251 g/mol. The van der Waals surface area contributed by atoms with Gasteiger partial charge in [0.2, 0.25) is 5.69 Å². The van der Waals surface area contributed by atoms with Gasteiger partial charge >= 0.3 is 0 Å². The predicted molar refractivity (Wildman–Crippen MR) is 76.6 cm³/mol. The van der Waals surface area contributed by atoms with Crippen molar-refractivity contribution in [2.75, 3.05) is 0 Å². The fourth-order valence-corrected chi connectivity index (χ4v) is 1.98. The minimum Gasteiger partial charge on any atom is -0.201 e. The lowest BCUT2D eigenvalue weighted by atomic mass is 9.96. The molecule has 1 aromatic heterocycles. The average molecular weight is 251 g/mol. The third-order valence-corrected chi connectivity index (χ3v) is 2.95. The summed E-state index contributed by atoms with van der Waals surface area (Å²) in [5.41, 5.74) is 0.319. The normalized spacial score (nSPS) is 22.7. The first-order valence-electron chi connectivity index (χ1n) is 11.0. The largest absolute Gasteiger partial charge is 0.215 e. The van der Waals surface area contributed by atoms with Crippen LogP contribution >= 0.6 is 0 Å². The van der Waals surface area contributed by atoms with Crippen molar-refractivity contribution < 1.29 is 19.6 Å². The summed E-state index contributed by atoms with van der Waals surface area (Å²) in [7, 11) is 1.59. The van der Waals surface area contributed by atoms with Crippen molar-refractivity contribution in [3.05, 3.63) is 52.7 Å². The summed E-state index contributed by atoms with van der Waals surface area (Å²) >= 11 is 0. The molecule has 18 heavy (non-hydrogen) atoms. The van der Waals surface area contributed by atoms with Crippen LogP contribution in [0, 0.1) is 20.6 Å². The number of aryl methyl sites for hydroxylation is 4. The molecule has 94 valence electrons. The smallest absolute Gasteiger partial charge is 0.201 e. The van der Waals surface area contributed by atoms with Gasteiger partial charge in [0.25, 0.3) is 0 Å². The predicted octanol–water partition coefficient (Wildman–Crippen LogP) is 3.67. The molecule has 0 saturated carbocycles. The number of nitrogens with zero attached hydrogens (tertiary/aromatic N) is 1. The Balaban J connectivity index is 2.83. The number of benzene rings is 1. The molecule has 0 bridgehead atoms. The lowest BCUT2D eigenvalue weighted by molar-refractivity contribution is -0.660. The van der Waals surface area contributed by atoms with Crippen molar-refractivity contribution in [3.63, 3.8) is 0 Å². The molecule has 0 atom stereocenters. The zero-order valence-electron chi connectivity index (χ0n) is 21.3. The van der Waals surface area contributed by atoms with Crippen molar-refractivity contribution >= 4 is 0 Å². The molecule has 0 unspecified atom stereocenters. The average Bonchev–Trinajstić information content (AvgIpc) is 2.51. The summed E-state index contributed by atoms with van der Waals surface area (Å²) < 4.78 is 86.5. The summed E-state index contributed by atoms with van der Waals surface area (Å²) in [6, 6.07) is 5.34. The summed E-state index contributed by atoms with van der Waals surface area (Å²) in [6.07, 6.45) is -1.13. The van der Waals surface area contributed by atoms with Gasteiger partial charge in [0.15, 0.2) is 6.20 Å². The molecule has 0 spiro atoms. The third kappa shape index (κ3) is 2.17. The van der Waals surface area contributed by atoms with Gasteiger partial charge in [-0.15, -0.1) is 0 Å². The van der Waals surface area contributed by atoms with Crippen LogP contribution < -0.4 is 4.57 Å². The first-order valence-corrected chi connectivity index (χ1v) is 5.54. The molecule has 0 fully saturated rings. The molecule has 1 aromatic carbocycles. The molecule has 0 aliphatic heterocycles. The van der Waals surface area contributed by atoms with Crippen LogP contribution in [0.1, 0.15) is 44.2 Å². The quantitative estimate of drug-likeness (QED) is 0.717. The fourth-order valence-electron chi connectivity index (χ4n) is 1.98. The van der Waals surface area contributed by atoms with Gasteiger partial charge in [-0.3, -0.25) is 0 Å². The molecule has 1 nitrogen and oxygen atoms in total. The highest BCUT2D eigenvalue weighted by atomic mass is 14.9. The summed E-state index contributed by atoms with van der Waals surface area (Å²) in [6.45, 7) is -6.63. The third-order valence-electron chi connectivity index (χ3n) is 2.95. The van der Waals surface area contributed by atoms with E-state index in [2.05, 4.69) is 0 Å².